The van der Waals surface area contributed by atoms with E-state index in [0.717, 1.165) is 5.56 Å². The zero-order valence-corrected chi connectivity index (χ0v) is 14.2. The molecule has 1 atom stereocenters. The van der Waals surface area contributed by atoms with E-state index in [9.17, 15) is 4.79 Å². The number of carbonyl (C=O) groups is 1. The second-order valence-electron chi connectivity index (χ2n) is 4.91. The van der Waals surface area contributed by atoms with Crippen molar-refractivity contribution in [2.45, 2.75) is 13.0 Å². The second kappa shape index (κ2) is 6.22. The fraction of sp³-hybridized carbons (Fsp3) is 0.286. The molecule has 21 heavy (non-hydrogen) atoms. The number of nitrogens with one attached hydrogen (secondary N) is 2. The van der Waals surface area contributed by atoms with Gasteiger partial charge in [0.05, 0.1) is 21.7 Å². The van der Waals surface area contributed by atoms with Crippen LogP contribution in [0.3, 0.4) is 0 Å². The number of nitrogens with zero attached hydrogens (tertiary/aromatic N) is 1. The lowest BCUT2D eigenvalue weighted by molar-refractivity contribution is -0.125. The largest absolute Gasteiger partial charge is 0.351 e. The monoisotopic (exact) mass is 343 g/mol. The van der Waals surface area contributed by atoms with Crippen LogP contribution >= 0.6 is 35.4 Å². The smallest absolute Gasteiger partial charge is 0.253 e. The van der Waals surface area contributed by atoms with Crippen molar-refractivity contribution in [3.8, 4) is 0 Å². The summed E-state index contributed by atoms with van der Waals surface area (Å²) in [6, 6.07) is 4.90. The van der Waals surface area contributed by atoms with E-state index in [0.29, 0.717) is 26.4 Å². The molecule has 1 aromatic rings. The van der Waals surface area contributed by atoms with Gasteiger partial charge >= 0.3 is 0 Å². The summed E-state index contributed by atoms with van der Waals surface area (Å²) in [4.78, 5) is 14.0. The maximum Gasteiger partial charge on any atom is 0.253 e. The third kappa shape index (κ3) is 3.15. The maximum atomic E-state index is 12.5. The number of rotatable bonds is 2. The van der Waals surface area contributed by atoms with E-state index in [1.54, 1.807) is 26.2 Å². The molecule has 7 heteroatoms. The van der Waals surface area contributed by atoms with Gasteiger partial charge in [-0.05, 0) is 30.8 Å². The Morgan fingerprint density at radius 1 is 1.33 bits per heavy atom. The highest BCUT2D eigenvalue weighted by atomic mass is 35.5. The van der Waals surface area contributed by atoms with E-state index in [1.165, 1.54) is 4.90 Å². The van der Waals surface area contributed by atoms with Crippen LogP contribution in [0.5, 0.6) is 0 Å². The van der Waals surface area contributed by atoms with Gasteiger partial charge in [0.25, 0.3) is 5.91 Å². The first-order chi connectivity index (χ1) is 9.82. The molecule has 0 bridgehead atoms. The normalized spacial score (nSPS) is 18.1. The summed E-state index contributed by atoms with van der Waals surface area (Å²) in [6.45, 7) is 1.81. The molecule has 0 fully saturated rings. The topological polar surface area (TPSA) is 44.4 Å². The van der Waals surface area contributed by atoms with E-state index >= 15 is 0 Å². The summed E-state index contributed by atoms with van der Waals surface area (Å²) in [5.74, 6) is -0.115. The van der Waals surface area contributed by atoms with Crippen molar-refractivity contribution >= 4 is 46.4 Å². The number of benzene rings is 1. The molecule has 112 valence electrons. The van der Waals surface area contributed by atoms with Gasteiger partial charge in [0.2, 0.25) is 0 Å². The van der Waals surface area contributed by atoms with Crippen LogP contribution in [0, 0.1) is 0 Å². The molecular weight excluding hydrogens is 329 g/mol. The average Bonchev–Trinajstić information content (AvgIpc) is 2.40. The van der Waals surface area contributed by atoms with E-state index in [1.807, 2.05) is 13.0 Å². The Hall–Kier alpha value is -1.30. The summed E-state index contributed by atoms with van der Waals surface area (Å²) in [5, 5.41) is 7.37. The predicted octanol–water partition coefficient (Wildman–Crippen LogP) is 2.87. The highest BCUT2D eigenvalue weighted by Crippen LogP contribution is 2.35. The van der Waals surface area contributed by atoms with Crippen LogP contribution in [-0.2, 0) is 4.79 Å². The van der Waals surface area contributed by atoms with E-state index in [2.05, 4.69) is 10.6 Å². The van der Waals surface area contributed by atoms with Crippen molar-refractivity contribution < 1.29 is 4.79 Å². The van der Waals surface area contributed by atoms with Gasteiger partial charge in [-0.2, -0.15) is 0 Å². The first kappa shape index (κ1) is 16.1. The Balaban J connectivity index is 2.58. The fourth-order valence-electron chi connectivity index (χ4n) is 2.19. The number of amides is 1. The molecule has 1 heterocycles. The number of allylic oxidation sites excluding steroid dienone is 1. The quantitative estimate of drug-likeness (QED) is 0.810. The third-order valence-corrected chi connectivity index (χ3v) is 4.25. The van der Waals surface area contributed by atoms with Crippen LogP contribution in [0.25, 0.3) is 0 Å². The molecule has 4 nitrogen and oxygen atoms in total. The van der Waals surface area contributed by atoms with Crippen LogP contribution in [-0.4, -0.2) is 30.0 Å². The molecule has 1 aromatic carbocycles. The number of carbonyl (C=O) groups excluding carboxylic acids is 1. The standard InChI is InChI=1S/C14H15Cl2N3OS/c1-7-10(13(20)19(2)3)12(18-14(21)17-7)8-5-4-6-9(15)11(8)16/h4-6,12H,1-3H3,(H2,17,18,21)/t12-/m1/s1. The Labute approximate surface area is 139 Å². The minimum atomic E-state index is -0.431. The Morgan fingerprint density at radius 2 is 2.00 bits per heavy atom. The van der Waals surface area contributed by atoms with Crippen LogP contribution < -0.4 is 10.6 Å². The second-order valence-corrected chi connectivity index (χ2v) is 6.11. The van der Waals surface area contributed by atoms with Gasteiger partial charge in [-0.25, -0.2) is 0 Å². The number of thiocarbonyl (C=S) groups is 1. The highest BCUT2D eigenvalue weighted by molar-refractivity contribution is 7.80. The lowest BCUT2D eigenvalue weighted by Gasteiger charge is -2.32. The molecule has 0 unspecified atom stereocenters. The van der Waals surface area contributed by atoms with E-state index in [4.69, 9.17) is 35.4 Å². The van der Waals surface area contributed by atoms with Crippen LogP contribution in [0.4, 0.5) is 0 Å². The summed E-state index contributed by atoms with van der Waals surface area (Å²) in [5.41, 5.74) is 1.99. The molecule has 1 amide bonds. The van der Waals surface area contributed by atoms with Crippen LogP contribution in [0.1, 0.15) is 18.5 Å². The van der Waals surface area contributed by atoms with Crippen LogP contribution in [0.15, 0.2) is 29.5 Å². The van der Waals surface area contributed by atoms with Crippen molar-refractivity contribution in [2.24, 2.45) is 0 Å². The minimum Gasteiger partial charge on any atom is -0.351 e. The zero-order valence-electron chi connectivity index (χ0n) is 11.8. The van der Waals surface area contributed by atoms with Crippen LogP contribution in [0.2, 0.25) is 10.0 Å². The molecule has 0 aromatic heterocycles. The van der Waals surface area contributed by atoms with Gasteiger partial charge in [0, 0.05) is 19.8 Å². The summed E-state index contributed by atoms with van der Waals surface area (Å²) >= 11 is 17.5. The molecule has 0 saturated heterocycles. The number of hydrogen-bond donors (Lipinski definition) is 2. The summed E-state index contributed by atoms with van der Waals surface area (Å²) < 4.78 is 0. The lowest BCUT2D eigenvalue weighted by Crippen LogP contribution is -2.46. The number of hydrogen-bond acceptors (Lipinski definition) is 2. The molecule has 2 N–H and O–H groups in total. The van der Waals surface area contributed by atoms with Crippen molar-refractivity contribution in [1.29, 1.82) is 0 Å². The highest BCUT2D eigenvalue weighted by Gasteiger charge is 2.32. The molecule has 0 spiro atoms. The fourth-order valence-corrected chi connectivity index (χ4v) is 2.88. The first-order valence-corrected chi connectivity index (χ1v) is 7.43. The van der Waals surface area contributed by atoms with Crippen molar-refractivity contribution in [3.63, 3.8) is 0 Å². The molecule has 2 rings (SSSR count). The molecule has 1 aliphatic heterocycles. The predicted molar refractivity (Wildman–Crippen MR) is 89.5 cm³/mol. The molecule has 1 aliphatic rings. The average molecular weight is 344 g/mol. The Morgan fingerprint density at radius 3 is 2.62 bits per heavy atom. The van der Waals surface area contributed by atoms with Gasteiger partial charge in [-0.3, -0.25) is 4.79 Å². The lowest BCUT2D eigenvalue weighted by atomic mass is 9.94. The van der Waals surface area contributed by atoms with Gasteiger partial charge in [-0.1, -0.05) is 35.3 Å². The molecule has 0 radical (unpaired) electrons. The Bertz CT molecular complexity index is 643. The van der Waals surface area contributed by atoms with Gasteiger partial charge in [0.15, 0.2) is 5.11 Å². The first-order valence-electron chi connectivity index (χ1n) is 6.26. The van der Waals surface area contributed by atoms with Gasteiger partial charge in [-0.15, -0.1) is 0 Å². The zero-order chi connectivity index (χ0) is 15.7. The third-order valence-electron chi connectivity index (χ3n) is 3.20. The van der Waals surface area contributed by atoms with Crippen molar-refractivity contribution in [3.05, 3.63) is 45.1 Å². The van der Waals surface area contributed by atoms with Gasteiger partial charge < -0.3 is 15.5 Å². The Kier molecular flexibility index (Phi) is 4.76. The number of likely N-dealkylation sites (N-methyl/N-ethyl adjacent to an activating group) is 1. The van der Waals surface area contributed by atoms with Crippen molar-refractivity contribution in [2.75, 3.05) is 14.1 Å². The summed E-state index contributed by atoms with van der Waals surface area (Å²) in [6.07, 6.45) is 0. The van der Waals surface area contributed by atoms with Crippen molar-refractivity contribution in [1.82, 2.24) is 15.5 Å². The molecular formula is C14H15Cl2N3OS. The number of halogens is 2. The van der Waals surface area contributed by atoms with E-state index in [-0.39, 0.29) is 5.91 Å². The summed E-state index contributed by atoms with van der Waals surface area (Å²) in [7, 11) is 3.40. The SMILES string of the molecule is CC1=C(C(=O)N(C)C)[C@@H](c2cccc(Cl)c2Cl)NC(=S)N1. The molecule has 0 aliphatic carbocycles. The van der Waals surface area contributed by atoms with Gasteiger partial charge in [0.1, 0.15) is 0 Å². The minimum absolute atomic E-state index is 0.115. The maximum absolute atomic E-state index is 12.5. The van der Waals surface area contributed by atoms with E-state index < -0.39 is 6.04 Å². The molecule has 0 saturated carbocycles.